The average Bonchev–Trinajstić information content (AvgIpc) is 3.10. The molecule has 4 rings (SSSR count). The summed E-state index contributed by atoms with van der Waals surface area (Å²) >= 11 is 0. The van der Waals surface area contributed by atoms with Crippen molar-refractivity contribution in [3.05, 3.63) is 65.0 Å². The van der Waals surface area contributed by atoms with Gasteiger partial charge in [-0.25, -0.2) is 4.39 Å². The Hall–Kier alpha value is -2.89. The molecular weight excluding hydrogens is 319 g/mol. The minimum Gasteiger partial charge on any atom is -0.292 e. The molecule has 6 heteroatoms. The SMILES string of the molecule is O=C(Cn1nnc(-c2ccc(F)cc2)n1)c1ccc2c(c1)CCCC2. The Bertz CT molecular complexity index is 917. The maximum Gasteiger partial charge on any atom is 0.204 e. The van der Waals surface area contributed by atoms with Gasteiger partial charge in [0, 0.05) is 11.1 Å². The first-order chi connectivity index (χ1) is 12.2. The molecule has 0 spiro atoms. The summed E-state index contributed by atoms with van der Waals surface area (Å²) in [4.78, 5) is 13.8. The molecule has 0 bridgehead atoms. The van der Waals surface area contributed by atoms with E-state index in [-0.39, 0.29) is 18.1 Å². The molecule has 0 unspecified atom stereocenters. The Morgan fingerprint density at radius 3 is 2.60 bits per heavy atom. The van der Waals surface area contributed by atoms with E-state index in [0.29, 0.717) is 17.0 Å². The molecule has 0 N–H and O–H groups in total. The van der Waals surface area contributed by atoms with E-state index in [1.54, 1.807) is 12.1 Å². The second-order valence-corrected chi connectivity index (χ2v) is 6.26. The van der Waals surface area contributed by atoms with Gasteiger partial charge in [-0.05, 0) is 72.4 Å². The van der Waals surface area contributed by atoms with Crippen molar-refractivity contribution < 1.29 is 9.18 Å². The van der Waals surface area contributed by atoms with Crippen LogP contribution in [0, 0.1) is 5.82 Å². The second-order valence-electron chi connectivity index (χ2n) is 6.26. The first-order valence-corrected chi connectivity index (χ1v) is 8.38. The number of rotatable bonds is 4. The van der Waals surface area contributed by atoms with Crippen molar-refractivity contribution in [2.24, 2.45) is 0 Å². The predicted octanol–water partition coefficient (Wildman–Crippen LogP) is 3.24. The van der Waals surface area contributed by atoms with Gasteiger partial charge in [-0.2, -0.15) is 4.80 Å². The molecule has 1 aromatic heterocycles. The normalized spacial score (nSPS) is 13.5. The summed E-state index contributed by atoms with van der Waals surface area (Å²) in [7, 11) is 0. The Morgan fingerprint density at radius 1 is 1.04 bits per heavy atom. The molecule has 0 saturated heterocycles. The Balaban J connectivity index is 1.50. The van der Waals surface area contributed by atoms with Gasteiger partial charge in [-0.3, -0.25) is 4.79 Å². The lowest BCUT2D eigenvalue weighted by Crippen LogP contribution is -2.14. The quantitative estimate of drug-likeness (QED) is 0.686. The Kier molecular flexibility index (Phi) is 4.09. The monoisotopic (exact) mass is 336 g/mol. The van der Waals surface area contributed by atoms with E-state index < -0.39 is 0 Å². The highest BCUT2D eigenvalue weighted by Crippen LogP contribution is 2.22. The molecule has 126 valence electrons. The lowest BCUT2D eigenvalue weighted by atomic mass is 9.90. The largest absolute Gasteiger partial charge is 0.292 e. The summed E-state index contributed by atoms with van der Waals surface area (Å²) in [5, 5.41) is 12.1. The second kappa shape index (κ2) is 6.55. The maximum absolute atomic E-state index is 13.0. The van der Waals surface area contributed by atoms with Crippen LogP contribution >= 0.6 is 0 Å². The fourth-order valence-electron chi connectivity index (χ4n) is 3.15. The molecule has 5 nitrogen and oxygen atoms in total. The summed E-state index contributed by atoms with van der Waals surface area (Å²) in [6.07, 6.45) is 4.52. The van der Waals surface area contributed by atoms with E-state index in [1.165, 1.54) is 40.9 Å². The molecule has 0 atom stereocenters. The van der Waals surface area contributed by atoms with Crippen molar-refractivity contribution in [3.8, 4) is 11.4 Å². The van der Waals surface area contributed by atoms with Gasteiger partial charge in [0.2, 0.25) is 5.82 Å². The topological polar surface area (TPSA) is 60.7 Å². The number of nitrogens with zero attached hydrogens (tertiary/aromatic N) is 4. The molecule has 0 fully saturated rings. The predicted molar refractivity (Wildman–Crippen MR) is 90.6 cm³/mol. The van der Waals surface area contributed by atoms with E-state index >= 15 is 0 Å². The summed E-state index contributed by atoms with van der Waals surface area (Å²) in [5.74, 6) is 0.00778. The van der Waals surface area contributed by atoms with Crippen LogP contribution < -0.4 is 0 Å². The van der Waals surface area contributed by atoms with Crippen molar-refractivity contribution in [2.75, 3.05) is 0 Å². The van der Waals surface area contributed by atoms with E-state index in [9.17, 15) is 9.18 Å². The molecule has 1 aliphatic carbocycles. The van der Waals surface area contributed by atoms with Gasteiger partial charge < -0.3 is 0 Å². The zero-order valence-electron chi connectivity index (χ0n) is 13.7. The summed E-state index contributed by atoms with van der Waals surface area (Å²) in [6, 6.07) is 11.8. The smallest absolute Gasteiger partial charge is 0.204 e. The maximum atomic E-state index is 13.0. The zero-order chi connectivity index (χ0) is 17.2. The average molecular weight is 336 g/mol. The minimum absolute atomic E-state index is 0.0347. The number of aryl methyl sites for hydroxylation is 2. The third-order valence-corrected chi connectivity index (χ3v) is 4.51. The molecule has 0 amide bonds. The molecule has 0 radical (unpaired) electrons. The van der Waals surface area contributed by atoms with Gasteiger partial charge in [0.1, 0.15) is 12.4 Å². The third kappa shape index (κ3) is 3.33. The molecule has 25 heavy (non-hydrogen) atoms. The third-order valence-electron chi connectivity index (χ3n) is 4.51. The van der Waals surface area contributed by atoms with Crippen molar-refractivity contribution in [1.29, 1.82) is 0 Å². The first-order valence-electron chi connectivity index (χ1n) is 8.38. The summed E-state index contributed by atoms with van der Waals surface area (Å²) < 4.78 is 13.0. The molecule has 1 heterocycles. The molecule has 1 aliphatic rings. The van der Waals surface area contributed by atoms with E-state index in [0.717, 1.165) is 12.8 Å². The molecule has 0 saturated carbocycles. The minimum atomic E-state index is -0.321. The van der Waals surface area contributed by atoms with E-state index in [2.05, 4.69) is 21.5 Å². The molecule has 3 aromatic rings. The van der Waals surface area contributed by atoms with E-state index in [4.69, 9.17) is 0 Å². The van der Waals surface area contributed by atoms with Gasteiger partial charge in [0.25, 0.3) is 0 Å². The number of fused-ring (bicyclic) bond motifs is 1. The lowest BCUT2D eigenvalue weighted by molar-refractivity contribution is 0.0961. The van der Waals surface area contributed by atoms with Crippen LogP contribution in [0.15, 0.2) is 42.5 Å². The number of tetrazole rings is 1. The highest BCUT2D eigenvalue weighted by Gasteiger charge is 2.15. The van der Waals surface area contributed by atoms with Crippen molar-refractivity contribution in [3.63, 3.8) is 0 Å². The molecule has 2 aromatic carbocycles. The van der Waals surface area contributed by atoms with Crippen LogP contribution in [0.1, 0.15) is 34.3 Å². The van der Waals surface area contributed by atoms with Gasteiger partial charge in [0.05, 0.1) is 0 Å². The van der Waals surface area contributed by atoms with Crippen molar-refractivity contribution in [1.82, 2.24) is 20.2 Å². The van der Waals surface area contributed by atoms with Gasteiger partial charge >= 0.3 is 0 Å². The Labute approximate surface area is 144 Å². The van der Waals surface area contributed by atoms with Gasteiger partial charge in [-0.15, -0.1) is 10.2 Å². The number of hydrogen-bond acceptors (Lipinski definition) is 4. The first kappa shape index (κ1) is 15.6. The van der Waals surface area contributed by atoms with Crippen molar-refractivity contribution in [2.45, 2.75) is 32.2 Å². The lowest BCUT2D eigenvalue weighted by Gasteiger charge is -2.16. The standard InChI is InChI=1S/C19H17FN4O/c20-17-9-7-14(8-10-17)19-21-23-24(22-19)12-18(25)16-6-5-13-3-1-2-4-15(13)11-16/h5-11H,1-4,12H2. The number of benzene rings is 2. The molecule has 0 aliphatic heterocycles. The highest BCUT2D eigenvalue weighted by atomic mass is 19.1. The van der Waals surface area contributed by atoms with Crippen LogP contribution in [0.3, 0.4) is 0 Å². The van der Waals surface area contributed by atoms with Crippen LogP contribution in [-0.2, 0) is 19.4 Å². The number of aromatic nitrogens is 4. The summed E-state index contributed by atoms with van der Waals surface area (Å²) in [6.45, 7) is 0.0347. The molecular formula is C19H17FN4O. The van der Waals surface area contributed by atoms with Crippen LogP contribution in [0.5, 0.6) is 0 Å². The fraction of sp³-hybridized carbons (Fsp3) is 0.263. The number of hydrogen-bond donors (Lipinski definition) is 0. The fourth-order valence-corrected chi connectivity index (χ4v) is 3.15. The summed E-state index contributed by atoms with van der Waals surface area (Å²) in [5.41, 5.74) is 3.96. The number of Topliss-reactive ketones (excluding diaryl/α,β-unsaturated/α-hetero) is 1. The highest BCUT2D eigenvalue weighted by molar-refractivity contribution is 5.96. The number of carbonyl (C=O) groups is 1. The van der Waals surface area contributed by atoms with E-state index in [1.807, 2.05) is 12.1 Å². The number of ketones is 1. The van der Waals surface area contributed by atoms with Gasteiger partial charge in [-0.1, -0.05) is 12.1 Å². The van der Waals surface area contributed by atoms with Gasteiger partial charge in [0.15, 0.2) is 5.78 Å². The van der Waals surface area contributed by atoms with Crippen LogP contribution in [0.2, 0.25) is 0 Å². The number of carbonyl (C=O) groups excluding carboxylic acids is 1. The van der Waals surface area contributed by atoms with Crippen LogP contribution in [-0.4, -0.2) is 26.0 Å². The Morgan fingerprint density at radius 2 is 1.80 bits per heavy atom. The van der Waals surface area contributed by atoms with Crippen LogP contribution in [0.4, 0.5) is 4.39 Å². The van der Waals surface area contributed by atoms with Crippen LogP contribution in [0.25, 0.3) is 11.4 Å². The zero-order valence-corrected chi connectivity index (χ0v) is 13.7. The number of halogens is 1. The van der Waals surface area contributed by atoms with Crippen molar-refractivity contribution >= 4 is 5.78 Å².